The van der Waals surface area contributed by atoms with Gasteiger partial charge < -0.3 is 5.32 Å². The first-order valence-electron chi connectivity index (χ1n) is 11.9. The molecule has 1 saturated carbocycles. The van der Waals surface area contributed by atoms with Crippen LogP contribution in [0.3, 0.4) is 0 Å². The molecule has 4 aromatic rings. The van der Waals surface area contributed by atoms with Gasteiger partial charge in [0.25, 0.3) is 0 Å². The largest absolute Gasteiger partial charge is 0.446 e. The average molecular weight is 547 g/mol. The first-order valence-corrected chi connectivity index (χ1v) is 14.2. The first-order chi connectivity index (χ1) is 17.6. The minimum atomic E-state index is -4.32. The molecule has 37 heavy (non-hydrogen) atoms. The van der Waals surface area contributed by atoms with E-state index in [-0.39, 0.29) is 22.7 Å². The number of hydrogen-bond acceptors (Lipinski definition) is 6. The van der Waals surface area contributed by atoms with Crippen molar-refractivity contribution < 1.29 is 21.6 Å². The fourth-order valence-corrected chi connectivity index (χ4v) is 7.05. The highest BCUT2D eigenvalue weighted by molar-refractivity contribution is 8.00. The van der Waals surface area contributed by atoms with Crippen molar-refractivity contribution in [2.45, 2.75) is 59.2 Å². The summed E-state index contributed by atoms with van der Waals surface area (Å²) in [5.74, 6) is 0. The Morgan fingerprint density at radius 2 is 1.65 bits per heavy atom. The second kappa shape index (κ2) is 10.0. The summed E-state index contributed by atoms with van der Waals surface area (Å²) in [5, 5.41) is 10.8. The Morgan fingerprint density at radius 1 is 0.973 bits per heavy atom. The number of benzene rings is 2. The number of aromatic nitrogens is 3. The van der Waals surface area contributed by atoms with Crippen molar-refractivity contribution >= 4 is 38.3 Å². The zero-order chi connectivity index (χ0) is 26.2. The molecule has 5 rings (SSSR count). The third-order valence-electron chi connectivity index (χ3n) is 6.69. The number of pyridine rings is 1. The summed E-state index contributed by atoms with van der Waals surface area (Å²) in [5.41, 5.74) is -0.260. The zero-order valence-electron chi connectivity index (χ0n) is 19.9. The van der Waals surface area contributed by atoms with Gasteiger partial charge in [0.15, 0.2) is 15.5 Å². The van der Waals surface area contributed by atoms with Gasteiger partial charge in [-0.1, -0.05) is 12.1 Å². The fourth-order valence-electron chi connectivity index (χ4n) is 4.71. The van der Waals surface area contributed by atoms with Crippen LogP contribution in [0.25, 0.3) is 22.2 Å². The van der Waals surface area contributed by atoms with E-state index < -0.39 is 20.6 Å². The second-order valence-electron chi connectivity index (χ2n) is 9.20. The molecule has 2 aromatic carbocycles. The van der Waals surface area contributed by atoms with Gasteiger partial charge in [0.2, 0.25) is 0 Å². The molecule has 2 heterocycles. The number of fused-ring (bicyclic) bond motifs is 1. The number of aromatic amines is 1. The van der Waals surface area contributed by atoms with E-state index in [1.807, 2.05) is 13.0 Å². The monoisotopic (exact) mass is 546 g/mol. The number of hydrogen-bond donors (Lipinski definition) is 2. The predicted molar refractivity (Wildman–Crippen MR) is 139 cm³/mol. The third kappa shape index (κ3) is 5.77. The summed E-state index contributed by atoms with van der Waals surface area (Å²) < 4.78 is 64.1. The van der Waals surface area contributed by atoms with Crippen molar-refractivity contribution in [1.82, 2.24) is 15.2 Å². The van der Waals surface area contributed by atoms with Gasteiger partial charge in [-0.2, -0.15) is 18.3 Å². The molecule has 0 bridgehead atoms. The van der Waals surface area contributed by atoms with Gasteiger partial charge in [-0.3, -0.25) is 5.10 Å². The Kier molecular flexibility index (Phi) is 6.93. The van der Waals surface area contributed by atoms with Crippen molar-refractivity contribution in [1.29, 1.82) is 0 Å². The van der Waals surface area contributed by atoms with E-state index in [2.05, 4.69) is 20.5 Å². The molecule has 1 fully saturated rings. The summed E-state index contributed by atoms with van der Waals surface area (Å²) in [7, 11) is -3.48. The molecule has 2 N–H and O–H groups in total. The van der Waals surface area contributed by atoms with E-state index >= 15 is 0 Å². The van der Waals surface area contributed by atoms with Gasteiger partial charge >= 0.3 is 5.51 Å². The van der Waals surface area contributed by atoms with Gasteiger partial charge in [-0.05, 0) is 92.4 Å². The number of rotatable bonds is 6. The standard InChI is InChI=1S/C26H25F3N4O2S2/c1-16-24-14-18(15-30-25(24)33-32-16)17-2-10-22(11-3-17)37(34,35)23-12-6-20(7-13-23)31-19-4-8-21(9-5-19)36-26(27,28)29/h2-5,8-11,14-15,20,23,31H,6-7,12-13H2,1H3,(H,30,32,33). The Morgan fingerprint density at radius 3 is 2.30 bits per heavy atom. The van der Waals surface area contributed by atoms with Crippen LogP contribution in [0.1, 0.15) is 31.4 Å². The highest BCUT2D eigenvalue weighted by Crippen LogP contribution is 2.37. The number of anilines is 1. The number of thioether (sulfide) groups is 1. The molecule has 0 saturated heterocycles. The minimum absolute atomic E-state index is 0.0729. The number of alkyl halides is 3. The quantitative estimate of drug-likeness (QED) is 0.260. The molecule has 1 aliphatic carbocycles. The molecule has 0 spiro atoms. The van der Waals surface area contributed by atoms with Crippen LogP contribution in [0.15, 0.2) is 70.6 Å². The number of halogens is 3. The molecule has 0 atom stereocenters. The fraction of sp³-hybridized carbons (Fsp3) is 0.308. The van der Waals surface area contributed by atoms with E-state index in [4.69, 9.17) is 0 Å². The lowest BCUT2D eigenvalue weighted by atomic mass is 9.95. The molecule has 0 amide bonds. The predicted octanol–water partition coefficient (Wildman–Crippen LogP) is 6.74. The van der Waals surface area contributed by atoms with E-state index in [1.165, 1.54) is 12.1 Å². The van der Waals surface area contributed by atoms with Crippen molar-refractivity contribution in [2.24, 2.45) is 0 Å². The number of aryl methyl sites for hydroxylation is 1. The summed E-state index contributed by atoms with van der Waals surface area (Å²) in [6.45, 7) is 1.92. The molecule has 0 aliphatic heterocycles. The molecule has 11 heteroatoms. The Balaban J connectivity index is 1.20. The van der Waals surface area contributed by atoms with Crippen LogP contribution in [0.4, 0.5) is 18.9 Å². The van der Waals surface area contributed by atoms with Crippen molar-refractivity contribution in [3.8, 4) is 11.1 Å². The van der Waals surface area contributed by atoms with Crippen LogP contribution in [0, 0.1) is 6.92 Å². The molecular weight excluding hydrogens is 521 g/mol. The van der Waals surface area contributed by atoms with Crippen LogP contribution in [0.5, 0.6) is 0 Å². The maximum Gasteiger partial charge on any atom is 0.446 e. The Labute approximate surface area is 217 Å². The van der Waals surface area contributed by atoms with Gasteiger partial charge in [0.1, 0.15) is 0 Å². The van der Waals surface area contributed by atoms with Gasteiger partial charge in [0.05, 0.1) is 10.1 Å². The summed E-state index contributed by atoms with van der Waals surface area (Å²) in [6, 6.07) is 15.1. The zero-order valence-corrected chi connectivity index (χ0v) is 21.6. The lowest BCUT2D eigenvalue weighted by Gasteiger charge is -2.29. The second-order valence-corrected chi connectivity index (χ2v) is 12.6. The van der Waals surface area contributed by atoms with Crippen molar-refractivity contribution in [3.05, 3.63) is 66.5 Å². The summed E-state index contributed by atoms with van der Waals surface area (Å²) in [6.07, 6.45) is 4.09. The maximum absolute atomic E-state index is 13.3. The minimum Gasteiger partial charge on any atom is -0.382 e. The normalized spacial score (nSPS) is 18.7. The Bertz CT molecular complexity index is 1490. The van der Waals surface area contributed by atoms with E-state index in [1.54, 1.807) is 42.6 Å². The van der Waals surface area contributed by atoms with E-state index in [0.29, 0.717) is 36.2 Å². The van der Waals surface area contributed by atoms with Crippen LogP contribution in [-0.2, 0) is 9.84 Å². The molecule has 6 nitrogen and oxygen atoms in total. The lowest BCUT2D eigenvalue weighted by Crippen LogP contribution is -2.32. The van der Waals surface area contributed by atoms with Crippen LogP contribution >= 0.6 is 11.8 Å². The SMILES string of the molecule is Cc1[nH]nc2ncc(-c3ccc(S(=O)(=O)C4CCC(Nc5ccc(SC(F)(F)F)cc5)CC4)cc3)cc12. The molecule has 0 unspecified atom stereocenters. The average Bonchev–Trinajstić information content (AvgIpc) is 3.25. The number of sulfone groups is 1. The van der Waals surface area contributed by atoms with Gasteiger partial charge in [0, 0.05) is 39.5 Å². The van der Waals surface area contributed by atoms with Crippen LogP contribution < -0.4 is 5.32 Å². The number of nitrogens with zero attached hydrogens (tertiary/aromatic N) is 2. The Hall–Kier alpha value is -3.05. The first kappa shape index (κ1) is 25.6. The molecule has 194 valence electrons. The van der Waals surface area contributed by atoms with Crippen LogP contribution in [0.2, 0.25) is 0 Å². The molecule has 1 aliphatic rings. The lowest BCUT2D eigenvalue weighted by molar-refractivity contribution is -0.0328. The van der Waals surface area contributed by atoms with Crippen molar-refractivity contribution in [3.63, 3.8) is 0 Å². The number of H-pyrrole nitrogens is 1. The van der Waals surface area contributed by atoms with Gasteiger partial charge in [-0.15, -0.1) is 0 Å². The highest BCUT2D eigenvalue weighted by atomic mass is 32.2. The molecule has 0 radical (unpaired) electrons. The van der Waals surface area contributed by atoms with E-state index in [9.17, 15) is 21.6 Å². The van der Waals surface area contributed by atoms with E-state index in [0.717, 1.165) is 27.9 Å². The number of nitrogens with one attached hydrogen (secondary N) is 2. The highest BCUT2D eigenvalue weighted by Gasteiger charge is 2.32. The van der Waals surface area contributed by atoms with Crippen molar-refractivity contribution in [2.75, 3.05) is 5.32 Å². The molecule has 2 aromatic heterocycles. The third-order valence-corrected chi connectivity index (χ3v) is 9.71. The molecular formula is C26H25F3N4O2S2. The maximum atomic E-state index is 13.3. The van der Waals surface area contributed by atoms with Gasteiger partial charge in [-0.25, -0.2) is 13.4 Å². The smallest absolute Gasteiger partial charge is 0.382 e. The summed E-state index contributed by atoms with van der Waals surface area (Å²) in [4.78, 5) is 4.80. The van der Waals surface area contributed by atoms with Crippen LogP contribution in [-0.4, -0.2) is 40.4 Å². The summed E-state index contributed by atoms with van der Waals surface area (Å²) >= 11 is -0.144. The topological polar surface area (TPSA) is 87.7 Å².